The number of aromatic amines is 1. The zero-order valence-electron chi connectivity index (χ0n) is 19.0. The highest BCUT2D eigenvalue weighted by atomic mass is 32.3. The highest BCUT2D eigenvalue weighted by Gasteiger charge is 2.36. The molecular formula is C23H25N3O8S. The van der Waals surface area contributed by atoms with Crippen molar-refractivity contribution >= 4 is 16.5 Å². The maximum Gasteiger partial charge on any atom is 0.445 e. The highest BCUT2D eigenvalue weighted by Crippen LogP contribution is 2.42. The van der Waals surface area contributed by atoms with Crippen molar-refractivity contribution in [2.75, 3.05) is 20.6 Å². The van der Waals surface area contributed by atoms with Gasteiger partial charge in [-0.25, -0.2) is 4.98 Å². The molecule has 0 bridgehead atoms. The third kappa shape index (κ3) is 6.04. The Morgan fingerprint density at radius 3 is 2.63 bits per heavy atom. The van der Waals surface area contributed by atoms with E-state index >= 15 is 0 Å². The molecule has 0 saturated carbocycles. The van der Waals surface area contributed by atoms with Gasteiger partial charge in [0, 0.05) is 24.9 Å². The minimum absolute atomic E-state index is 0.251. The monoisotopic (exact) mass is 503 g/mol. The largest absolute Gasteiger partial charge is 0.504 e. The molecule has 4 rings (SSSR count). The fourth-order valence-electron chi connectivity index (χ4n) is 3.59. The van der Waals surface area contributed by atoms with Gasteiger partial charge in [-0.1, -0.05) is 12.1 Å². The van der Waals surface area contributed by atoms with Crippen molar-refractivity contribution in [1.29, 1.82) is 0 Å². The minimum Gasteiger partial charge on any atom is -0.504 e. The molecule has 0 amide bonds. The quantitative estimate of drug-likeness (QED) is 0.195. The van der Waals surface area contributed by atoms with Crippen LogP contribution in [0.2, 0.25) is 0 Å². The second kappa shape index (κ2) is 9.86. The molecule has 2 unspecified atom stereocenters. The summed E-state index contributed by atoms with van der Waals surface area (Å²) >= 11 is 0. The standard InChI is InChI=1S/C23H25N3O8S/c1-26(2)9-7-16-13-24-22(25-16)21(15-4-5-17(27)18(28)12-15)23-33-19-6-3-14(11-20(19)34-23)8-10-32-35(29,30)31/h3-6,8,10-13,21,23,27-28H,7,9H2,1-2H3,(H,24,25)(H,29,30,31)/b10-8+. The van der Waals surface area contributed by atoms with Crippen LogP contribution in [0.1, 0.15) is 28.6 Å². The summed E-state index contributed by atoms with van der Waals surface area (Å²) in [5, 5.41) is 19.9. The first-order valence-corrected chi connectivity index (χ1v) is 12.0. The van der Waals surface area contributed by atoms with Crippen molar-refractivity contribution in [2.45, 2.75) is 18.6 Å². The number of hydrogen-bond acceptors (Lipinski definition) is 9. The van der Waals surface area contributed by atoms with Crippen molar-refractivity contribution in [1.82, 2.24) is 14.9 Å². The predicted octanol–water partition coefficient (Wildman–Crippen LogP) is 2.64. The number of aromatic nitrogens is 2. The summed E-state index contributed by atoms with van der Waals surface area (Å²) in [4.78, 5) is 9.89. The number of benzene rings is 2. The van der Waals surface area contributed by atoms with E-state index < -0.39 is 22.6 Å². The Hall–Kier alpha value is -3.74. The van der Waals surface area contributed by atoms with Crippen molar-refractivity contribution in [3.63, 3.8) is 0 Å². The molecule has 3 aromatic rings. The van der Waals surface area contributed by atoms with Crippen LogP contribution in [-0.4, -0.2) is 65.0 Å². The first-order chi connectivity index (χ1) is 16.6. The molecule has 1 aliphatic rings. The molecule has 2 atom stereocenters. The van der Waals surface area contributed by atoms with E-state index in [0.717, 1.165) is 24.9 Å². The summed E-state index contributed by atoms with van der Waals surface area (Å²) in [5.41, 5.74) is 2.07. The van der Waals surface area contributed by atoms with E-state index in [0.29, 0.717) is 28.5 Å². The molecule has 0 aliphatic carbocycles. The average molecular weight is 504 g/mol. The lowest BCUT2D eigenvalue weighted by Gasteiger charge is -2.21. The lowest BCUT2D eigenvalue weighted by Crippen LogP contribution is -2.29. The number of nitrogens with one attached hydrogen (secondary N) is 1. The highest BCUT2D eigenvalue weighted by molar-refractivity contribution is 7.81. The van der Waals surface area contributed by atoms with Crippen LogP contribution in [0.4, 0.5) is 0 Å². The Morgan fingerprint density at radius 2 is 1.91 bits per heavy atom. The summed E-state index contributed by atoms with van der Waals surface area (Å²) in [6, 6.07) is 9.39. The summed E-state index contributed by atoms with van der Waals surface area (Å²) < 4.78 is 46.4. The summed E-state index contributed by atoms with van der Waals surface area (Å²) in [6.45, 7) is 0.825. The number of phenolic OH excluding ortho intramolecular Hbond substituents is 2. The third-order valence-corrected chi connectivity index (χ3v) is 5.65. The fourth-order valence-corrected chi connectivity index (χ4v) is 3.78. The molecule has 35 heavy (non-hydrogen) atoms. The average Bonchev–Trinajstić information content (AvgIpc) is 3.41. The second-order valence-corrected chi connectivity index (χ2v) is 9.26. The van der Waals surface area contributed by atoms with Gasteiger partial charge in [0.05, 0.1) is 0 Å². The van der Waals surface area contributed by atoms with Crippen molar-refractivity contribution in [3.8, 4) is 23.0 Å². The molecule has 186 valence electrons. The van der Waals surface area contributed by atoms with Crippen LogP contribution < -0.4 is 9.47 Å². The Morgan fingerprint density at radius 1 is 1.14 bits per heavy atom. The molecule has 12 heteroatoms. The van der Waals surface area contributed by atoms with Crippen LogP contribution in [0.3, 0.4) is 0 Å². The van der Waals surface area contributed by atoms with E-state index in [4.69, 9.17) is 14.0 Å². The number of aromatic hydroxyl groups is 2. The van der Waals surface area contributed by atoms with Gasteiger partial charge in [-0.15, -0.1) is 0 Å². The number of hydrogen-bond donors (Lipinski definition) is 4. The number of likely N-dealkylation sites (N-methyl/N-ethyl adjacent to an activating group) is 1. The zero-order valence-corrected chi connectivity index (χ0v) is 19.8. The number of fused-ring (bicyclic) bond motifs is 1. The molecule has 0 radical (unpaired) electrons. The van der Waals surface area contributed by atoms with Gasteiger partial charge >= 0.3 is 10.4 Å². The van der Waals surface area contributed by atoms with Crippen LogP contribution in [0.5, 0.6) is 23.0 Å². The lowest BCUT2D eigenvalue weighted by atomic mass is 9.97. The van der Waals surface area contributed by atoms with Gasteiger partial charge in [0.15, 0.2) is 23.0 Å². The molecule has 0 fully saturated rings. The number of rotatable bonds is 9. The van der Waals surface area contributed by atoms with Crippen LogP contribution in [0.25, 0.3) is 6.08 Å². The summed E-state index contributed by atoms with van der Waals surface area (Å²) in [7, 11) is -0.633. The predicted molar refractivity (Wildman–Crippen MR) is 126 cm³/mol. The van der Waals surface area contributed by atoms with Crippen LogP contribution in [0.15, 0.2) is 48.9 Å². The van der Waals surface area contributed by atoms with E-state index in [9.17, 15) is 18.6 Å². The molecule has 4 N–H and O–H groups in total. The molecule has 2 heterocycles. The first-order valence-electron chi connectivity index (χ1n) is 10.6. The smallest absolute Gasteiger partial charge is 0.445 e. The van der Waals surface area contributed by atoms with Crippen LogP contribution >= 0.6 is 0 Å². The van der Waals surface area contributed by atoms with E-state index in [1.54, 1.807) is 30.5 Å². The van der Waals surface area contributed by atoms with Gasteiger partial charge in [-0.05, 0) is 55.6 Å². The van der Waals surface area contributed by atoms with Crippen molar-refractivity contribution in [2.24, 2.45) is 0 Å². The Balaban J connectivity index is 1.61. The molecule has 1 aliphatic heterocycles. The normalized spacial score (nSPS) is 16.2. The van der Waals surface area contributed by atoms with E-state index in [1.165, 1.54) is 18.2 Å². The Bertz CT molecular complexity index is 1340. The van der Waals surface area contributed by atoms with Gasteiger partial charge in [0.2, 0.25) is 0 Å². The van der Waals surface area contributed by atoms with E-state index in [-0.39, 0.29) is 11.5 Å². The zero-order chi connectivity index (χ0) is 25.2. The SMILES string of the molecule is CN(C)CCc1cnc(C(c2ccc(O)c(O)c2)C2Oc3ccc(/C=C/OS(=O)(=O)O)cc3O2)[nH]1. The maximum absolute atomic E-state index is 10.7. The van der Waals surface area contributed by atoms with Gasteiger partial charge in [-0.2, -0.15) is 8.42 Å². The molecule has 0 saturated heterocycles. The van der Waals surface area contributed by atoms with Crippen molar-refractivity contribution in [3.05, 3.63) is 71.5 Å². The van der Waals surface area contributed by atoms with Crippen LogP contribution in [-0.2, 0) is 21.0 Å². The fraction of sp³-hybridized carbons (Fsp3) is 0.261. The number of ether oxygens (including phenoxy) is 2. The van der Waals surface area contributed by atoms with Gasteiger partial charge < -0.3 is 33.8 Å². The first kappa shape index (κ1) is 24.4. The molecular weight excluding hydrogens is 478 g/mol. The van der Waals surface area contributed by atoms with Crippen LogP contribution in [0, 0.1) is 0 Å². The molecule has 1 aromatic heterocycles. The van der Waals surface area contributed by atoms with Gasteiger partial charge in [0.1, 0.15) is 18.0 Å². The van der Waals surface area contributed by atoms with Crippen molar-refractivity contribution < 1.29 is 36.8 Å². The van der Waals surface area contributed by atoms with Gasteiger partial charge in [-0.3, -0.25) is 4.55 Å². The number of phenols is 2. The Kier molecular flexibility index (Phi) is 6.87. The van der Waals surface area contributed by atoms with Gasteiger partial charge in [0.25, 0.3) is 6.29 Å². The molecule has 0 spiro atoms. The minimum atomic E-state index is -4.59. The second-order valence-electron chi connectivity index (χ2n) is 8.21. The van der Waals surface area contributed by atoms with E-state index in [2.05, 4.69) is 19.1 Å². The lowest BCUT2D eigenvalue weighted by molar-refractivity contribution is 0.0327. The topological polar surface area (TPSA) is 154 Å². The molecule has 2 aromatic carbocycles. The number of H-pyrrole nitrogens is 1. The maximum atomic E-state index is 10.7. The number of nitrogens with zero attached hydrogens (tertiary/aromatic N) is 2. The summed E-state index contributed by atoms with van der Waals surface area (Å²) in [6.07, 6.45) is 3.82. The Labute approximate surface area is 202 Å². The van der Waals surface area contributed by atoms with E-state index in [1.807, 2.05) is 14.1 Å². The summed E-state index contributed by atoms with van der Waals surface area (Å²) in [5.74, 6) is 0.297. The number of imidazole rings is 1. The third-order valence-electron chi connectivity index (χ3n) is 5.29. The molecule has 11 nitrogen and oxygen atoms in total.